The first-order valence-electron chi connectivity index (χ1n) is 5.93. The van der Waals surface area contributed by atoms with Crippen molar-refractivity contribution in [2.75, 3.05) is 0 Å². The van der Waals surface area contributed by atoms with E-state index in [9.17, 15) is 14.9 Å². The summed E-state index contributed by atoms with van der Waals surface area (Å²) in [6.07, 6.45) is 1.28. The van der Waals surface area contributed by atoms with Crippen LogP contribution < -0.4 is 5.56 Å². The Balaban J connectivity index is 1.85. The van der Waals surface area contributed by atoms with Crippen molar-refractivity contribution in [3.63, 3.8) is 0 Å². The first-order valence-corrected chi connectivity index (χ1v) is 6.92. The van der Waals surface area contributed by atoms with Gasteiger partial charge >= 0.3 is 0 Å². The Morgan fingerprint density at radius 2 is 2.14 bits per heavy atom. The molecule has 2 heterocycles. The van der Waals surface area contributed by atoms with Crippen LogP contribution in [0.1, 0.15) is 5.56 Å². The van der Waals surface area contributed by atoms with E-state index in [0.29, 0.717) is 27.6 Å². The van der Waals surface area contributed by atoms with E-state index < -0.39 is 4.92 Å². The van der Waals surface area contributed by atoms with Crippen LogP contribution in [-0.2, 0) is 5.75 Å². The monoisotopic (exact) mass is 303 g/mol. The second kappa shape index (κ2) is 5.37. The zero-order valence-electron chi connectivity index (χ0n) is 10.6. The highest BCUT2D eigenvalue weighted by Gasteiger charge is 2.14. The molecule has 0 saturated heterocycles. The summed E-state index contributed by atoms with van der Waals surface area (Å²) in [5, 5.41) is 11.4. The number of hydrogen-bond donors (Lipinski definition) is 2. The molecule has 0 unspecified atom stereocenters. The zero-order valence-corrected chi connectivity index (χ0v) is 11.4. The minimum atomic E-state index is -0.416. The van der Waals surface area contributed by atoms with Crippen LogP contribution in [0.5, 0.6) is 0 Å². The average molecular weight is 303 g/mol. The largest absolute Gasteiger partial charge is 0.327 e. The molecule has 0 aliphatic carbocycles. The van der Waals surface area contributed by atoms with Crippen molar-refractivity contribution in [1.29, 1.82) is 0 Å². The Morgan fingerprint density at radius 3 is 2.90 bits per heavy atom. The molecule has 0 amide bonds. The lowest BCUT2D eigenvalue weighted by atomic mass is 10.2. The molecule has 0 bridgehead atoms. The van der Waals surface area contributed by atoms with Crippen LogP contribution in [0.25, 0.3) is 11.2 Å². The van der Waals surface area contributed by atoms with Crippen molar-refractivity contribution in [2.45, 2.75) is 10.9 Å². The summed E-state index contributed by atoms with van der Waals surface area (Å²) in [6, 6.07) is 6.52. The minimum absolute atomic E-state index is 0.0667. The van der Waals surface area contributed by atoms with E-state index >= 15 is 0 Å². The van der Waals surface area contributed by atoms with Crippen molar-refractivity contribution in [3.8, 4) is 0 Å². The van der Waals surface area contributed by atoms with Crippen LogP contribution in [0.2, 0.25) is 0 Å². The second-order valence-corrected chi connectivity index (χ2v) is 5.11. The second-order valence-electron chi connectivity index (χ2n) is 4.15. The van der Waals surface area contributed by atoms with Gasteiger partial charge in [0.1, 0.15) is 0 Å². The highest BCUT2D eigenvalue weighted by atomic mass is 32.2. The number of nitro benzene ring substituents is 1. The lowest BCUT2D eigenvalue weighted by molar-refractivity contribution is -0.385. The quantitative estimate of drug-likeness (QED) is 0.431. The third-order valence-corrected chi connectivity index (χ3v) is 3.75. The van der Waals surface area contributed by atoms with Gasteiger partial charge in [0.15, 0.2) is 16.3 Å². The van der Waals surface area contributed by atoms with Gasteiger partial charge in [-0.05, 0) is 0 Å². The summed E-state index contributed by atoms with van der Waals surface area (Å²) in [5.74, 6) is 0.370. The normalized spacial score (nSPS) is 10.9. The van der Waals surface area contributed by atoms with Gasteiger partial charge in [0, 0.05) is 17.4 Å². The van der Waals surface area contributed by atoms with Crippen molar-refractivity contribution >= 4 is 28.6 Å². The van der Waals surface area contributed by atoms with Crippen molar-refractivity contribution < 1.29 is 4.92 Å². The Morgan fingerprint density at radius 1 is 1.33 bits per heavy atom. The Hall–Kier alpha value is -2.68. The summed E-state index contributed by atoms with van der Waals surface area (Å²) in [6.45, 7) is 0. The molecule has 2 N–H and O–H groups in total. The molecule has 3 aromatic rings. The highest BCUT2D eigenvalue weighted by molar-refractivity contribution is 7.98. The maximum Gasteiger partial charge on any atom is 0.276 e. The number of aromatic nitrogens is 4. The number of fused-ring (bicyclic) bond motifs is 1. The number of nitrogens with zero attached hydrogens (tertiary/aromatic N) is 3. The first kappa shape index (κ1) is 13.3. The molecule has 0 fully saturated rings. The number of aromatic amines is 2. The molecule has 8 nitrogen and oxygen atoms in total. The fourth-order valence-electron chi connectivity index (χ4n) is 1.84. The molecule has 9 heteroatoms. The van der Waals surface area contributed by atoms with Crippen LogP contribution >= 0.6 is 11.8 Å². The van der Waals surface area contributed by atoms with E-state index in [1.54, 1.807) is 18.2 Å². The number of hydrogen-bond acceptors (Lipinski definition) is 6. The van der Waals surface area contributed by atoms with E-state index in [-0.39, 0.29) is 11.2 Å². The number of imidazole rings is 1. The maximum atomic E-state index is 11.5. The Labute approximate surface area is 121 Å². The summed E-state index contributed by atoms with van der Waals surface area (Å²) in [7, 11) is 0. The lowest BCUT2D eigenvalue weighted by Gasteiger charge is -2.00. The molecule has 1 aromatic carbocycles. The summed E-state index contributed by atoms with van der Waals surface area (Å²) in [4.78, 5) is 35.5. The van der Waals surface area contributed by atoms with Gasteiger partial charge in [-0.3, -0.25) is 14.9 Å². The standard InChI is InChI=1S/C12H9N5O3S/c18-11-9-10(13-6-14-11)16-12(15-9)21-5-7-3-1-2-4-8(7)17(19)20/h1-4,6H,5H2,(H2,13,14,15,16,18). The maximum absolute atomic E-state index is 11.5. The molecule has 0 saturated carbocycles. The lowest BCUT2D eigenvalue weighted by Crippen LogP contribution is -2.05. The predicted octanol–water partition coefficient (Wildman–Crippen LogP) is 1.85. The van der Waals surface area contributed by atoms with Gasteiger partial charge in [0.2, 0.25) is 0 Å². The van der Waals surface area contributed by atoms with E-state index in [4.69, 9.17) is 0 Å². The molecule has 0 aliphatic rings. The molecular weight excluding hydrogens is 294 g/mol. The van der Waals surface area contributed by atoms with Gasteiger partial charge in [0.25, 0.3) is 11.2 Å². The highest BCUT2D eigenvalue weighted by Crippen LogP contribution is 2.26. The Kier molecular flexibility index (Phi) is 3.40. The van der Waals surface area contributed by atoms with E-state index in [0.717, 1.165) is 0 Å². The number of para-hydroxylation sites is 1. The van der Waals surface area contributed by atoms with Crippen molar-refractivity contribution in [2.24, 2.45) is 0 Å². The summed E-state index contributed by atoms with van der Waals surface area (Å²) >= 11 is 1.28. The average Bonchev–Trinajstić information content (AvgIpc) is 2.90. The zero-order chi connectivity index (χ0) is 14.8. The SMILES string of the molecule is O=c1[nH]cnc2nc(SCc3ccccc3[N+](=O)[O-])[nH]c12. The van der Waals surface area contributed by atoms with Crippen molar-refractivity contribution in [3.05, 3.63) is 56.6 Å². The minimum Gasteiger partial charge on any atom is -0.327 e. The number of rotatable bonds is 4. The van der Waals surface area contributed by atoms with E-state index in [1.165, 1.54) is 24.2 Å². The van der Waals surface area contributed by atoms with Gasteiger partial charge in [-0.1, -0.05) is 30.0 Å². The fraction of sp³-hybridized carbons (Fsp3) is 0.0833. The molecule has 0 aliphatic heterocycles. The molecule has 21 heavy (non-hydrogen) atoms. The molecular formula is C12H9N5O3S. The fourth-order valence-corrected chi connectivity index (χ4v) is 2.71. The molecule has 0 radical (unpaired) electrons. The Bertz CT molecular complexity index is 872. The number of thioether (sulfide) groups is 1. The smallest absolute Gasteiger partial charge is 0.276 e. The number of benzene rings is 1. The summed E-state index contributed by atoms with van der Waals surface area (Å²) < 4.78 is 0. The topological polar surface area (TPSA) is 118 Å². The van der Waals surface area contributed by atoms with Crippen LogP contribution in [0.15, 0.2) is 40.5 Å². The molecule has 3 rings (SSSR count). The van der Waals surface area contributed by atoms with Crippen LogP contribution in [0.4, 0.5) is 5.69 Å². The van der Waals surface area contributed by atoms with E-state index in [2.05, 4.69) is 19.9 Å². The van der Waals surface area contributed by atoms with E-state index in [1.807, 2.05) is 0 Å². The summed E-state index contributed by atoms with van der Waals surface area (Å²) in [5.41, 5.74) is 0.975. The number of nitro groups is 1. The van der Waals surface area contributed by atoms with Gasteiger partial charge < -0.3 is 9.97 Å². The molecule has 0 spiro atoms. The number of H-pyrrole nitrogens is 2. The van der Waals surface area contributed by atoms with Crippen LogP contribution in [0, 0.1) is 10.1 Å². The van der Waals surface area contributed by atoms with Crippen molar-refractivity contribution in [1.82, 2.24) is 19.9 Å². The molecule has 106 valence electrons. The van der Waals surface area contributed by atoms with Crippen LogP contribution in [-0.4, -0.2) is 24.9 Å². The third kappa shape index (κ3) is 2.63. The molecule has 2 aromatic heterocycles. The van der Waals surface area contributed by atoms with Crippen LogP contribution in [0.3, 0.4) is 0 Å². The van der Waals surface area contributed by atoms with Gasteiger partial charge in [-0.15, -0.1) is 0 Å². The van der Waals surface area contributed by atoms with Gasteiger partial charge in [-0.25, -0.2) is 9.97 Å². The third-order valence-electron chi connectivity index (χ3n) is 2.83. The molecule has 0 atom stereocenters. The van der Waals surface area contributed by atoms with Gasteiger partial charge in [0.05, 0.1) is 11.3 Å². The first-order chi connectivity index (χ1) is 10.1. The predicted molar refractivity (Wildman–Crippen MR) is 77.2 cm³/mol. The van der Waals surface area contributed by atoms with Gasteiger partial charge in [-0.2, -0.15) is 0 Å². The number of nitrogens with one attached hydrogen (secondary N) is 2.